The van der Waals surface area contributed by atoms with E-state index in [0.29, 0.717) is 18.0 Å². The molecule has 1 N–H and O–H groups in total. The van der Waals surface area contributed by atoms with Crippen molar-refractivity contribution < 1.29 is 4.39 Å². The molecule has 2 aliphatic rings. The number of piperidine rings is 1. The highest BCUT2D eigenvalue weighted by molar-refractivity contribution is 4.94. The van der Waals surface area contributed by atoms with Crippen LogP contribution >= 0.6 is 0 Å². The Bertz CT molecular complexity index is 205. The highest BCUT2D eigenvalue weighted by Crippen LogP contribution is 2.32. The number of nitrogens with zero attached hydrogens (tertiary/aromatic N) is 1. The van der Waals surface area contributed by atoms with E-state index in [4.69, 9.17) is 0 Å². The molecule has 2 rings (SSSR count). The number of halogens is 1. The summed E-state index contributed by atoms with van der Waals surface area (Å²) in [6, 6.07) is 0.574. The molecule has 0 radical (unpaired) electrons. The molecule has 2 atom stereocenters. The first-order chi connectivity index (χ1) is 6.59. The fourth-order valence-corrected chi connectivity index (χ4v) is 2.86. The largest absolute Gasteiger partial charge is 0.316 e. The molecule has 2 saturated heterocycles. The highest BCUT2D eigenvalue weighted by Gasteiger charge is 2.39. The zero-order valence-corrected chi connectivity index (χ0v) is 9.22. The number of hydrogen-bond acceptors (Lipinski definition) is 2. The van der Waals surface area contributed by atoms with Crippen molar-refractivity contribution in [2.45, 2.75) is 38.9 Å². The Hall–Kier alpha value is -0.150. The summed E-state index contributed by atoms with van der Waals surface area (Å²) in [6.07, 6.45) is 1.32. The molecule has 0 bridgehead atoms. The second-order valence-corrected chi connectivity index (χ2v) is 5.35. The van der Waals surface area contributed by atoms with Crippen molar-refractivity contribution >= 4 is 0 Å². The fraction of sp³-hybridized carbons (Fsp3) is 1.00. The van der Waals surface area contributed by atoms with Crippen LogP contribution in [0.2, 0.25) is 0 Å². The summed E-state index contributed by atoms with van der Waals surface area (Å²) in [7, 11) is 0. The summed E-state index contributed by atoms with van der Waals surface area (Å²) >= 11 is 0. The van der Waals surface area contributed by atoms with E-state index in [1.165, 1.54) is 6.42 Å². The topological polar surface area (TPSA) is 15.3 Å². The molecule has 0 aliphatic carbocycles. The smallest absolute Gasteiger partial charge is 0.114 e. The van der Waals surface area contributed by atoms with Gasteiger partial charge in [0, 0.05) is 25.7 Å². The van der Waals surface area contributed by atoms with Gasteiger partial charge in [-0.2, -0.15) is 0 Å². The Morgan fingerprint density at radius 1 is 1.36 bits per heavy atom. The molecular weight excluding hydrogens is 179 g/mol. The minimum atomic E-state index is -0.583. The lowest BCUT2D eigenvalue weighted by molar-refractivity contribution is 0.0734. The minimum absolute atomic E-state index is 0.294. The first kappa shape index (κ1) is 10.4. The summed E-state index contributed by atoms with van der Waals surface area (Å²) in [4.78, 5) is 2.35. The average molecular weight is 200 g/mol. The Morgan fingerprint density at radius 3 is 2.71 bits per heavy atom. The Balaban J connectivity index is 2.01. The van der Waals surface area contributed by atoms with Gasteiger partial charge in [0.05, 0.1) is 0 Å². The van der Waals surface area contributed by atoms with Gasteiger partial charge in [0.1, 0.15) is 6.17 Å². The minimum Gasteiger partial charge on any atom is -0.316 e. The van der Waals surface area contributed by atoms with Gasteiger partial charge in [0.25, 0.3) is 0 Å². The number of alkyl halides is 1. The van der Waals surface area contributed by atoms with Crippen LogP contribution in [-0.4, -0.2) is 43.3 Å². The second kappa shape index (κ2) is 3.78. The predicted octanol–water partition coefficient (Wildman–Crippen LogP) is 1.42. The quantitative estimate of drug-likeness (QED) is 0.688. The van der Waals surface area contributed by atoms with Crippen LogP contribution < -0.4 is 5.32 Å². The van der Waals surface area contributed by atoms with Gasteiger partial charge in [-0.05, 0) is 24.8 Å². The van der Waals surface area contributed by atoms with Crippen LogP contribution in [0.3, 0.4) is 0 Å². The van der Waals surface area contributed by atoms with Gasteiger partial charge >= 0.3 is 0 Å². The van der Waals surface area contributed by atoms with Crippen LogP contribution in [0.15, 0.2) is 0 Å². The first-order valence-electron chi connectivity index (χ1n) is 5.68. The maximum atomic E-state index is 13.1. The number of hydrogen-bond donors (Lipinski definition) is 1. The molecule has 0 aromatic carbocycles. The van der Waals surface area contributed by atoms with Crippen molar-refractivity contribution in [1.82, 2.24) is 10.2 Å². The molecule has 0 aromatic heterocycles. The molecule has 0 amide bonds. The first-order valence-corrected chi connectivity index (χ1v) is 5.68. The maximum Gasteiger partial charge on any atom is 0.114 e. The number of rotatable bonds is 1. The van der Waals surface area contributed by atoms with Gasteiger partial charge in [-0.3, -0.25) is 4.90 Å². The Morgan fingerprint density at radius 2 is 2.14 bits per heavy atom. The van der Waals surface area contributed by atoms with Gasteiger partial charge in [0.15, 0.2) is 0 Å². The predicted molar refractivity (Wildman–Crippen MR) is 56.1 cm³/mol. The van der Waals surface area contributed by atoms with E-state index in [1.807, 2.05) is 0 Å². The van der Waals surface area contributed by atoms with Crippen LogP contribution in [0.1, 0.15) is 26.7 Å². The zero-order chi connectivity index (χ0) is 10.2. The van der Waals surface area contributed by atoms with Crippen LogP contribution in [0.5, 0.6) is 0 Å². The van der Waals surface area contributed by atoms with Crippen molar-refractivity contribution in [1.29, 1.82) is 0 Å². The van der Waals surface area contributed by atoms with Gasteiger partial charge in [-0.15, -0.1) is 0 Å². The van der Waals surface area contributed by atoms with E-state index in [9.17, 15) is 4.39 Å². The molecule has 3 heteroatoms. The van der Waals surface area contributed by atoms with E-state index in [2.05, 4.69) is 24.1 Å². The lowest BCUT2D eigenvalue weighted by Gasteiger charge is -2.44. The summed E-state index contributed by atoms with van der Waals surface area (Å²) in [5.74, 6) is 0. The van der Waals surface area contributed by atoms with Gasteiger partial charge < -0.3 is 5.32 Å². The lowest BCUT2D eigenvalue weighted by Crippen LogP contribution is -2.54. The highest BCUT2D eigenvalue weighted by atomic mass is 19.1. The van der Waals surface area contributed by atoms with E-state index in [1.54, 1.807) is 0 Å². The summed E-state index contributed by atoms with van der Waals surface area (Å²) < 4.78 is 13.1. The van der Waals surface area contributed by atoms with Crippen molar-refractivity contribution in [3.63, 3.8) is 0 Å². The van der Waals surface area contributed by atoms with Crippen LogP contribution in [0.4, 0.5) is 4.39 Å². The van der Waals surface area contributed by atoms with Crippen molar-refractivity contribution in [3.8, 4) is 0 Å². The number of nitrogens with one attached hydrogen (secondary N) is 1. The standard InChI is InChI=1S/C11H21FN2/c1-11(2)8-13-5-3-10(11)14-6-4-9(12)7-14/h9-10,13H,3-8H2,1-2H3. The van der Waals surface area contributed by atoms with Crippen molar-refractivity contribution in [2.75, 3.05) is 26.2 Å². The van der Waals surface area contributed by atoms with Gasteiger partial charge in [-0.1, -0.05) is 13.8 Å². The monoisotopic (exact) mass is 200 g/mol. The SMILES string of the molecule is CC1(C)CNCCC1N1CCC(F)C1. The van der Waals surface area contributed by atoms with Gasteiger partial charge in [-0.25, -0.2) is 4.39 Å². The molecule has 2 aliphatic heterocycles. The Kier molecular flexibility index (Phi) is 2.80. The maximum absolute atomic E-state index is 13.1. The lowest BCUT2D eigenvalue weighted by atomic mass is 9.79. The molecule has 2 unspecified atom stereocenters. The van der Waals surface area contributed by atoms with E-state index in [0.717, 1.165) is 26.1 Å². The third-order valence-electron chi connectivity index (χ3n) is 3.68. The molecular formula is C11H21FN2. The van der Waals surface area contributed by atoms with E-state index >= 15 is 0 Å². The molecule has 0 spiro atoms. The normalized spacial score (nSPS) is 38.8. The third kappa shape index (κ3) is 1.94. The van der Waals surface area contributed by atoms with Crippen LogP contribution in [0.25, 0.3) is 0 Å². The summed E-state index contributed by atoms with van der Waals surface area (Å²) in [5.41, 5.74) is 0.294. The van der Waals surface area contributed by atoms with E-state index in [-0.39, 0.29) is 0 Å². The second-order valence-electron chi connectivity index (χ2n) is 5.35. The van der Waals surface area contributed by atoms with Crippen LogP contribution in [0, 0.1) is 5.41 Å². The molecule has 2 heterocycles. The number of likely N-dealkylation sites (tertiary alicyclic amines) is 1. The fourth-order valence-electron chi connectivity index (χ4n) is 2.86. The average Bonchev–Trinajstić information content (AvgIpc) is 2.51. The van der Waals surface area contributed by atoms with Crippen molar-refractivity contribution in [2.24, 2.45) is 5.41 Å². The molecule has 0 saturated carbocycles. The third-order valence-corrected chi connectivity index (χ3v) is 3.68. The summed E-state index contributed by atoms with van der Waals surface area (Å²) in [6.45, 7) is 8.33. The molecule has 14 heavy (non-hydrogen) atoms. The van der Waals surface area contributed by atoms with Gasteiger partial charge in [0.2, 0.25) is 0 Å². The summed E-state index contributed by atoms with van der Waals surface area (Å²) in [5, 5.41) is 3.42. The molecule has 0 aromatic rings. The Labute approximate surface area is 85.9 Å². The zero-order valence-electron chi connectivity index (χ0n) is 9.22. The molecule has 2 nitrogen and oxygen atoms in total. The molecule has 2 fully saturated rings. The van der Waals surface area contributed by atoms with Crippen LogP contribution in [-0.2, 0) is 0 Å². The van der Waals surface area contributed by atoms with Crippen molar-refractivity contribution in [3.05, 3.63) is 0 Å². The molecule has 82 valence electrons. The van der Waals surface area contributed by atoms with E-state index < -0.39 is 6.17 Å².